The summed E-state index contributed by atoms with van der Waals surface area (Å²) in [5.41, 5.74) is 2.80. The van der Waals surface area contributed by atoms with Crippen molar-refractivity contribution in [3.63, 3.8) is 0 Å². The van der Waals surface area contributed by atoms with Gasteiger partial charge in [0.2, 0.25) is 0 Å². The van der Waals surface area contributed by atoms with E-state index in [1.807, 2.05) is 29.6 Å². The summed E-state index contributed by atoms with van der Waals surface area (Å²) < 4.78 is 0. The third-order valence-corrected chi connectivity index (χ3v) is 3.76. The van der Waals surface area contributed by atoms with Crippen LogP contribution in [0.4, 0.5) is 5.69 Å². The van der Waals surface area contributed by atoms with Gasteiger partial charge in [0, 0.05) is 23.5 Å². The second-order valence-corrected chi connectivity index (χ2v) is 5.33. The monoisotopic (exact) mass is 302 g/mol. The van der Waals surface area contributed by atoms with Gasteiger partial charge in [-0.15, -0.1) is 11.3 Å². The zero-order chi connectivity index (χ0) is 13.8. The fourth-order valence-corrected chi connectivity index (χ4v) is 2.67. The van der Waals surface area contributed by atoms with Gasteiger partial charge in [-0.3, -0.25) is 4.98 Å². The average molecular weight is 303 g/mol. The molecule has 0 aliphatic carbocycles. The van der Waals surface area contributed by atoms with Gasteiger partial charge in [0.25, 0.3) is 0 Å². The summed E-state index contributed by atoms with van der Waals surface area (Å²) in [4.78, 5) is 12.8. The number of aromatic nitrogens is 3. The van der Waals surface area contributed by atoms with Crippen LogP contribution in [-0.4, -0.2) is 15.0 Å². The van der Waals surface area contributed by atoms with Gasteiger partial charge in [-0.05, 0) is 24.3 Å². The van der Waals surface area contributed by atoms with E-state index < -0.39 is 0 Å². The van der Waals surface area contributed by atoms with Crippen LogP contribution in [0.25, 0.3) is 10.7 Å². The molecule has 0 spiro atoms. The Balaban J connectivity index is 1.69. The van der Waals surface area contributed by atoms with Crippen molar-refractivity contribution in [2.45, 2.75) is 6.54 Å². The molecule has 0 radical (unpaired) electrons. The van der Waals surface area contributed by atoms with Crippen LogP contribution in [-0.2, 0) is 6.54 Å². The van der Waals surface area contributed by atoms with E-state index in [2.05, 4.69) is 20.3 Å². The van der Waals surface area contributed by atoms with Gasteiger partial charge in [-0.2, -0.15) is 0 Å². The number of halogens is 1. The molecule has 20 heavy (non-hydrogen) atoms. The molecule has 3 aromatic rings. The summed E-state index contributed by atoms with van der Waals surface area (Å²) >= 11 is 7.43. The van der Waals surface area contributed by atoms with Crippen LogP contribution in [0.1, 0.15) is 5.69 Å². The van der Waals surface area contributed by atoms with Gasteiger partial charge >= 0.3 is 0 Å². The van der Waals surface area contributed by atoms with Crippen molar-refractivity contribution in [3.05, 3.63) is 59.0 Å². The number of pyridine rings is 2. The van der Waals surface area contributed by atoms with Crippen LogP contribution in [0.15, 0.2) is 48.1 Å². The first-order chi connectivity index (χ1) is 9.81. The molecular formula is C14H11ClN4S. The van der Waals surface area contributed by atoms with E-state index in [1.54, 1.807) is 29.8 Å². The largest absolute Gasteiger partial charge is 0.379 e. The van der Waals surface area contributed by atoms with Crippen LogP contribution in [0.2, 0.25) is 5.15 Å². The van der Waals surface area contributed by atoms with Gasteiger partial charge in [0.15, 0.2) is 0 Å². The van der Waals surface area contributed by atoms with Crippen molar-refractivity contribution in [2.75, 3.05) is 5.32 Å². The van der Waals surface area contributed by atoms with E-state index in [1.165, 1.54) is 0 Å². The van der Waals surface area contributed by atoms with Crippen LogP contribution in [0.3, 0.4) is 0 Å². The molecule has 0 saturated carbocycles. The maximum Gasteiger partial charge on any atom is 0.142 e. The number of nitrogens with zero attached hydrogens (tertiary/aromatic N) is 3. The van der Waals surface area contributed by atoms with Crippen LogP contribution < -0.4 is 5.32 Å². The van der Waals surface area contributed by atoms with E-state index in [0.717, 1.165) is 22.1 Å². The quantitative estimate of drug-likeness (QED) is 0.743. The molecule has 0 atom stereocenters. The predicted molar refractivity (Wildman–Crippen MR) is 81.9 cm³/mol. The molecule has 3 rings (SSSR count). The molecule has 0 aliphatic rings. The van der Waals surface area contributed by atoms with Crippen LogP contribution >= 0.6 is 22.9 Å². The first kappa shape index (κ1) is 13.0. The smallest absolute Gasteiger partial charge is 0.142 e. The average Bonchev–Trinajstić information content (AvgIpc) is 2.95. The minimum Gasteiger partial charge on any atom is -0.379 e. The second kappa shape index (κ2) is 5.98. The molecule has 0 bridgehead atoms. The lowest BCUT2D eigenvalue weighted by molar-refractivity contribution is 1.07. The van der Waals surface area contributed by atoms with E-state index in [0.29, 0.717) is 11.7 Å². The maximum atomic E-state index is 5.84. The van der Waals surface area contributed by atoms with Crippen LogP contribution in [0, 0.1) is 0 Å². The Kier molecular flexibility index (Phi) is 3.90. The van der Waals surface area contributed by atoms with Gasteiger partial charge in [0.05, 0.1) is 17.9 Å². The van der Waals surface area contributed by atoms with Crippen molar-refractivity contribution in [1.29, 1.82) is 0 Å². The Morgan fingerprint density at radius 2 is 2.10 bits per heavy atom. The normalized spacial score (nSPS) is 10.4. The second-order valence-electron chi connectivity index (χ2n) is 4.08. The molecule has 3 aromatic heterocycles. The Morgan fingerprint density at radius 3 is 2.90 bits per heavy atom. The Bertz CT molecular complexity index is 699. The van der Waals surface area contributed by atoms with E-state index in [9.17, 15) is 0 Å². The summed E-state index contributed by atoms with van der Waals surface area (Å²) in [6.07, 6.45) is 3.44. The first-order valence-corrected chi connectivity index (χ1v) is 7.28. The van der Waals surface area contributed by atoms with Crippen molar-refractivity contribution in [2.24, 2.45) is 0 Å². The third-order valence-electron chi connectivity index (χ3n) is 2.64. The number of hydrogen-bond donors (Lipinski definition) is 1. The van der Waals surface area contributed by atoms with Gasteiger partial charge in [-0.25, -0.2) is 9.97 Å². The molecular weight excluding hydrogens is 292 g/mol. The Labute approximate surface area is 125 Å². The van der Waals surface area contributed by atoms with E-state index in [-0.39, 0.29) is 0 Å². The Morgan fingerprint density at radius 1 is 1.15 bits per heavy atom. The molecule has 1 N–H and O–H groups in total. The third kappa shape index (κ3) is 3.12. The van der Waals surface area contributed by atoms with Gasteiger partial charge in [-0.1, -0.05) is 17.7 Å². The molecule has 0 amide bonds. The van der Waals surface area contributed by atoms with E-state index >= 15 is 0 Å². The summed E-state index contributed by atoms with van der Waals surface area (Å²) in [6.45, 7) is 0.643. The van der Waals surface area contributed by atoms with E-state index in [4.69, 9.17) is 11.6 Å². The highest BCUT2D eigenvalue weighted by atomic mass is 35.5. The van der Waals surface area contributed by atoms with Gasteiger partial charge < -0.3 is 5.32 Å². The number of hydrogen-bond acceptors (Lipinski definition) is 5. The molecule has 0 aromatic carbocycles. The molecule has 6 heteroatoms. The minimum absolute atomic E-state index is 0.474. The molecule has 0 unspecified atom stereocenters. The van der Waals surface area contributed by atoms with Crippen molar-refractivity contribution < 1.29 is 0 Å². The maximum absolute atomic E-state index is 5.84. The van der Waals surface area contributed by atoms with Crippen molar-refractivity contribution in [1.82, 2.24) is 15.0 Å². The lowest BCUT2D eigenvalue weighted by atomic mass is 10.3. The predicted octanol–water partition coefficient (Wildman–Crippen LogP) is 3.87. The zero-order valence-corrected chi connectivity index (χ0v) is 12.0. The number of rotatable bonds is 4. The number of anilines is 1. The highest BCUT2D eigenvalue weighted by Gasteiger charge is 2.05. The van der Waals surface area contributed by atoms with Crippen LogP contribution in [0.5, 0.6) is 0 Å². The lowest BCUT2D eigenvalue weighted by Crippen LogP contribution is -1.99. The molecule has 0 aliphatic heterocycles. The first-order valence-electron chi connectivity index (χ1n) is 6.02. The highest BCUT2D eigenvalue weighted by molar-refractivity contribution is 7.13. The highest BCUT2D eigenvalue weighted by Crippen LogP contribution is 2.22. The Hall–Kier alpha value is -1.98. The summed E-state index contributed by atoms with van der Waals surface area (Å²) in [5, 5.41) is 6.69. The van der Waals surface area contributed by atoms with Crippen molar-refractivity contribution >= 4 is 28.6 Å². The molecule has 3 heterocycles. The number of thiazole rings is 1. The summed E-state index contributed by atoms with van der Waals surface area (Å²) in [5.74, 6) is 0. The fourth-order valence-electron chi connectivity index (χ4n) is 1.70. The summed E-state index contributed by atoms with van der Waals surface area (Å²) in [6, 6.07) is 9.47. The lowest BCUT2D eigenvalue weighted by Gasteiger charge is -2.03. The molecule has 4 nitrogen and oxygen atoms in total. The SMILES string of the molecule is Clc1cc(NCc2csc(-c3ccccn3)n2)ccn1. The standard InChI is InChI=1S/C14H11ClN4S/c15-13-7-10(4-6-17-13)18-8-11-9-20-14(19-11)12-3-1-2-5-16-12/h1-7,9H,8H2,(H,17,18). The fraction of sp³-hybridized carbons (Fsp3) is 0.0714. The molecule has 0 fully saturated rings. The summed E-state index contributed by atoms with van der Waals surface area (Å²) in [7, 11) is 0. The van der Waals surface area contributed by atoms with Gasteiger partial charge in [0.1, 0.15) is 10.2 Å². The number of nitrogens with one attached hydrogen (secondary N) is 1. The zero-order valence-electron chi connectivity index (χ0n) is 10.5. The molecule has 100 valence electrons. The minimum atomic E-state index is 0.474. The van der Waals surface area contributed by atoms with Crippen molar-refractivity contribution in [3.8, 4) is 10.7 Å². The molecule has 0 saturated heterocycles. The topological polar surface area (TPSA) is 50.7 Å².